The van der Waals surface area contributed by atoms with Crippen LogP contribution in [0.5, 0.6) is 0 Å². The third-order valence-corrected chi connectivity index (χ3v) is 5.75. The molecule has 1 nitrogen and oxygen atoms in total. The van der Waals surface area contributed by atoms with Crippen LogP contribution in [0.1, 0.15) is 85.5 Å². The molecule has 0 aromatic heterocycles. The summed E-state index contributed by atoms with van der Waals surface area (Å²) in [5.41, 5.74) is 0.278. The highest BCUT2D eigenvalue weighted by atomic mass is 14.9. The van der Waals surface area contributed by atoms with Gasteiger partial charge in [-0.05, 0) is 63.8 Å². The minimum Gasteiger partial charge on any atom is -0.312 e. The topological polar surface area (TPSA) is 12.0 Å². The van der Waals surface area contributed by atoms with E-state index in [1.807, 2.05) is 0 Å². The summed E-state index contributed by atoms with van der Waals surface area (Å²) in [4.78, 5) is 0. The first kappa shape index (κ1) is 16.3. The Hall–Kier alpha value is -0.0400. The van der Waals surface area contributed by atoms with Crippen molar-refractivity contribution < 1.29 is 0 Å². The third-order valence-electron chi connectivity index (χ3n) is 5.75. The molecule has 0 radical (unpaired) electrons. The van der Waals surface area contributed by atoms with Crippen LogP contribution in [0.25, 0.3) is 0 Å². The third kappa shape index (κ3) is 4.76. The van der Waals surface area contributed by atoms with Crippen molar-refractivity contribution in [1.29, 1.82) is 0 Å². The van der Waals surface area contributed by atoms with Crippen LogP contribution in [0.2, 0.25) is 0 Å². The Morgan fingerprint density at radius 3 is 2.30 bits per heavy atom. The first-order valence-electron chi connectivity index (χ1n) is 9.24. The quantitative estimate of drug-likeness (QED) is 0.710. The van der Waals surface area contributed by atoms with Gasteiger partial charge in [0.1, 0.15) is 0 Å². The van der Waals surface area contributed by atoms with E-state index in [0.29, 0.717) is 0 Å². The van der Waals surface area contributed by atoms with E-state index in [9.17, 15) is 0 Å². The van der Waals surface area contributed by atoms with Gasteiger partial charge in [-0.3, -0.25) is 0 Å². The molecule has 118 valence electrons. The van der Waals surface area contributed by atoms with E-state index in [4.69, 9.17) is 0 Å². The molecule has 0 aromatic rings. The number of hydrogen-bond donors (Lipinski definition) is 1. The molecule has 0 heterocycles. The van der Waals surface area contributed by atoms with Crippen molar-refractivity contribution in [3.05, 3.63) is 0 Å². The van der Waals surface area contributed by atoms with Crippen LogP contribution in [0, 0.1) is 23.7 Å². The van der Waals surface area contributed by atoms with Gasteiger partial charge in [0.05, 0.1) is 0 Å². The summed E-state index contributed by atoms with van der Waals surface area (Å²) in [5.74, 6) is 4.07. The van der Waals surface area contributed by atoms with Gasteiger partial charge >= 0.3 is 0 Å². The van der Waals surface area contributed by atoms with E-state index in [0.717, 1.165) is 23.7 Å². The van der Waals surface area contributed by atoms with Crippen molar-refractivity contribution in [3.8, 4) is 0 Å². The first-order valence-corrected chi connectivity index (χ1v) is 9.24. The molecule has 0 saturated heterocycles. The molecule has 2 saturated carbocycles. The number of rotatable bonds is 5. The highest BCUT2D eigenvalue weighted by molar-refractivity contribution is 4.88. The maximum absolute atomic E-state index is 3.79. The molecule has 0 aliphatic heterocycles. The largest absolute Gasteiger partial charge is 0.312 e. The highest BCUT2D eigenvalue weighted by Gasteiger charge is 2.36. The summed E-state index contributed by atoms with van der Waals surface area (Å²) in [6.45, 7) is 10.5. The molecule has 2 aliphatic carbocycles. The second-order valence-corrected chi connectivity index (χ2v) is 8.57. The molecule has 0 spiro atoms. The molecule has 3 atom stereocenters. The standard InChI is InChI=1S/C19H37N/c1-5-8-15-11-12-17(14-20-19(2,3)4)18(13-15)16-9-6-7-10-16/h15-18,20H,5-14H2,1-4H3. The average molecular weight is 280 g/mol. The fourth-order valence-electron chi connectivity index (χ4n) is 4.68. The second kappa shape index (κ2) is 7.29. The molecule has 0 bridgehead atoms. The van der Waals surface area contributed by atoms with Gasteiger partial charge in [0.2, 0.25) is 0 Å². The predicted molar refractivity (Wildman–Crippen MR) is 88.9 cm³/mol. The summed E-state index contributed by atoms with van der Waals surface area (Å²) in [5, 5.41) is 3.79. The lowest BCUT2D eigenvalue weighted by molar-refractivity contribution is 0.110. The minimum atomic E-state index is 0.278. The molecule has 2 aliphatic rings. The summed E-state index contributed by atoms with van der Waals surface area (Å²) in [6.07, 6.45) is 13.4. The molecule has 2 fully saturated rings. The van der Waals surface area contributed by atoms with Gasteiger partial charge in [0.25, 0.3) is 0 Å². The van der Waals surface area contributed by atoms with E-state index < -0.39 is 0 Å². The van der Waals surface area contributed by atoms with Crippen LogP contribution in [0.4, 0.5) is 0 Å². The Labute approximate surface area is 127 Å². The molecular weight excluding hydrogens is 242 g/mol. The van der Waals surface area contributed by atoms with Crippen LogP contribution < -0.4 is 5.32 Å². The Morgan fingerprint density at radius 1 is 1.00 bits per heavy atom. The van der Waals surface area contributed by atoms with Crippen LogP contribution in [0.3, 0.4) is 0 Å². The zero-order valence-electron chi connectivity index (χ0n) is 14.4. The van der Waals surface area contributed by atoms with Gasteiger partial charge in [0.15, 0.2) is 0 Å². The van der Waals surface area contributed by atoms with Gasteiger partial charge < -0.3 is 5.32 Å². The Balaban J connectivity index is 1.93. The van der Waals surface area contributed by atoms with Crippen molar-refractivity contribution in [3.63, 3.8) is 0 Å². The van der Waals surface area contributed by atoms with Gasteiger partial charge in [-0.15, -0.1) is 0 Å². The monoisotopic (exact) mass is 279 g/mol. The maximum atomic E-state index is 3.79. The fraction of sp³-hybridized carbons (Fsp3) is 1.00. The van der Waals surface area contributed by atoms with E-state index in [2.05, 4.69) is 33.0 Å². The number of hydrogen-bond acceptors (Lipinski definition) is 1. The summed E-state index contributed by atoms with van der Waals surface area (Å²) in [7, 11) is 0. The van der Waals surface area contributed by atoms with Crippen molar-refractivity contribution in [2.24, 2.45) is 23.7 Å². The summed E-state index contributed by atoms with van der Waals surface area (Å²) in [6, 6.07) is 0. The van der Waals surface area contributed by atoms with E-state index in [1.165, 1.54) is 64.3 Å². The lowest BCUT2D eigenvalue weighted by atomic mass is 9.67. The molecule has 3 unspecified atom stereocenters. The molecule has 0 aromatic carbocycles. The molecule has 2 rings (SSSR count). The maximum Gasteiger partial charge on any atom is 0.00966 e. The molecular formula is C19H37N. The molecule has 0 amide bonds. The van der Waals surface area contributed by atoms with Crippen LogP contribution in [-0.4, -0.2) is 12.1 Å². The lowest BCUT2D eigenvalue weighted by Crippen LogP contribution is -2.43. The average Bonchev–Trinajstić information content (AvgIpc) is 2.90. The van der Waals surface area contributed by atoms with Crippen molar-refractivity contribution >= 4 is 0 Å². The SMILES string of the molecule is CCCC1CCC(CNC(C)(C)C)C(C2CCCC2)C1. The zero-order chi connectivity index (χ0) is 14.6. The predicted octanol–water partition coefficient (Wildman–Crippen LogP) is 5.40. The Bertz CT molecular complexity index is 272. The van der Waals surface area contributed by atoms with E-state index >= 15 is 0 Å². The molecule has 20 heavy (non-hydrogen) atoms. The highest BCUT2D eigenvalue weighted by Crippen LogP contribution is 2.45. The van der Waals surface area contributed by atoms with Crippen molar-refractivity contribution in [2.45, 2.75) is 91.0 Å². The van der Waals surface area contributed by atoms with E-state index in [-0.39, 0.29) is 5.54 Å². The van der Waals surface area contributed by atoms with Crippen molar-refractivity contribution in [1.82, 2.24) is 5.32 Å². The second-order valence-electron chi connectivity index (χ2n) is 8.57. The summed E-state index contributed by atoms with van der Waals surface area (Å²) < 4.78 is 0. The molecule has 1 N–H and O–H groups in total. The van der Waals surface area contributed by atoms with Crippen LogP contribution in [-0.2, 0) is 0 Å². The molecule has 1 heteroatoms. The summed E-state index contributed by atoms with van der Waals surface area (Å²) >= 11 is 0. The van der Waals surface area contributed by atoms with Gasteiger partial charge in [-0.25, -0.2) is 0 Å². The Morgan fingerprint density at radius 2 is 1.70 bits per heavy atom. The minimum absolute atomic E-state index is 0.278. The van der Waals surface area contributed by atoms with Gasteiger partial charge in [-0.2, -0.15) is 0 Å². The van der Waals surface area contributed by atoms with Crippen LogP contribution in [0.15, 0.2) is 0 Å². The van der Waals surface area contributed by atoms with E-state index in [1.54, 1.807) is 0 Å². The van der Waals surface area contributed by atoms with Crippen LogP contribution >= 0.6 is 0 Å². The zero-order valence-corrected chi connectivity index (χ0v) is 14.4. The van der Waals surface area contributed by atoms with Crippen molar-refractivity contribution in [2.75, 3.05) is 6.54 Å². The first-order chi connectivity index (χ1) is 9.49. The smallest absolute Gasteiger partial charge is 0.00966 e. The number of nitrogens with one attached hydrogen (secondary N) is 1. The fourth-order valence-corrected chi connectivity index (χ4v) is 4.68. The van der Waals surface area contributed by atoms with Gasteiger partial charge in [-0.1, -0.05) is 51.9 Å². The van der Waals surface area contributed by atoms with Gasteiger partial charge in [0, 0.05) is 5.54 Å². The lowest BCUT2D eigenvalue weighted by Gasteiger charge is -2.41. The normalized spacial score (nSPS) is 32.7. The Kier molecular flexibility index (Phi) is 5.95.